The molecule has 0 radical (unpaired) electrons. The number of likely N-dealkylation sites (tertiary alicyclic amines) is 1. The second-order valence-electron chi connectivity index (χ2n) is 5.98. The van der Waals surface area contributed by atoms with Crippen LogP contribution in [0.2, 0.25) is 0 Å². The number of aromatic nitrogens is 2. The number of hydrogen-bond acceptors (Lipinski definition) is 6. The number of amides is 2. The number of nitrogens with zero attached hydrogens (tertiary/aromatic N) is 3. The molecule has 0 spiro atoms. The van der Waals surface area contributed by atoms with Crippen molar-refractivity contribution in [2.75, 3.05) is 31.9 Å². The number of nitrogens with one attached hydrogen (secondary N) is 1. The van der Waals surface area contributed by atoms with Gasteiger partial charge in [-0.05, 0) is 32.8 Å². The number of aryl methyl sites for hydroxylation is 2. The van der Waals surface area contributed by atoms with Crippen LogP contribution in [0.1, 0.15) is 24.2 Å². The minimum Gasteiger partial charge on any atom is -0.355 e. The number of rotatable bonds is 6. The molecule has 1 aromatic heterocycles. The van der Waals surface area contributed by atoms with Gasteiger partial charge in [0.25, 0.3) is 0 Å². The Hall–Kier alpha value is -1.67. The maximum absolute atomic E-state index is 12.4. The fourth-order valence-corrected chi connectivity index (χ4v) is 3.59. The summed E-state index contributed by atoms with van der Waals surface area (Å²) in [5, 5.41) is 3.43. The second kappa shape index (κ2) is 8.98. The van der Waals surface area contributed by atoms with E-state index in [0.717, 1.165) is 24.2 Å². The predicted molar refractivity (Wildman–Crippen MR) is 93.6 cm³/mol. The highest BCUT2D eigenvalue weighted by Crippen LogP contribution is 2.20. The van der Waals surface area contributed by atoms with Crippen LogP contribution in [0, 0.1) is 19.8 Å². The van der Waals surface area contributed by atoms with Gasteiger partial charge in [-0.25, -0.2) is 9.97 Å². The van der Waals surface area contributed by atoms with Crippen molar-refractivity contribution in [3.05, 3.63) is 17.5 Å². The Kier molecular flexibility index (Phi) is 6.99. The van der Waals surface area contributed by atoms with E-state index >= 15 is 0 Å². The van der Waals surface area contributed by atoms with Gasteiger partial charge in [-0.1, -0.05) is 11.8 Å². The quantitative estimate of drug-likeness (QED) is 0.572. The molecular formula is C16H25N5O2S. The fraction of sp³-hybridized carbons (Fsp3) is 0.625. The lowest BCUT2D eigenvalue weighted by molar-refractivity contribution is -0.133. The van der Waals surface area contributed by atoms with Crippen LogP contribution < -0.4 is 11.1 Å². The van der Waals surface area contributed by atoms with Gasteiger partial charge in [0.15, 0.2) is 5.16 Å². The molecule has 3 N–H and O–H groups in total. The first kappa shape index (κ1) is 18.7. The second-order valence-corrected chi connectivity index (χ2v) is 6.92. The van der Waals surface area contributed by atoms with Crippen LogP contribution in [0.25, 0.3) is 0 Å². The third kappa shape index (κ3) is 5.45. The number of hydrogen-bond donors (Lipinski definition) is 2. The van der Waals surface area contributed by atoms with E-state index in [1.807, 2.05) is 19.9 Å². The van der Waals surface area contributed by atoms with Crippen molar-refractivity contribution < 1.29 is 9.59 Å². The van der Waals surface area contributed by atoms with Gasteiger partial charge in [0.2, 0.25) is 11.8 Å². The number of nitrogens with two attached hydrogens (primary N) is 1. The molecule has 1 aromatic rings. The van der Waals surface area contributed by atoms with E-state index < -0.39 is 0 Å². The molecule has 8 heteroatoms. The topological polar surface area (TPSA) is 101 Å². The van der Waals surface area contributed by atoms with Gasteiger partial charge in [0.1, 0.15) is 0 Å². The first-order valence-corrected chi connectivity index (χ1v) is 9.19. The summed E-state index contributed by atoms with van der Waals surface area (Å²) in [7, 11) is 0. The SMILES string of the molecule is Cc1cc(C)nc(SCC(=O)N2CCCC(C(=O)NCCN)C2)n1. The standard InChI is InChI=1S/C16H25N5O2S/c1-11-8-12(2)20-16(19-11)24-10-14(22)21-7-3-4-13(9-21)15(23)18-6-5-17/h8,13H,3-7,9-10,17H2,1-2H3,(H,18,23). The number of piperidine rings is 1. The summed E-state index contributed by atoms with van der Waals surface area (Å²) < 4.78 is 0. The monoisotopic (exact) mass is 351 g/mol. The van der Waals surface area contributed by atoms with Gasteiger partial charge in [-0.3, -0.25) is 9.59 Å². The molecular weight excluding hydrogens is 326 g/mol. The normalized spacial score (nSPS) is 17.6. The van der Waals surface area contributed by atoms with Gasteiger partial charge in [0.05, 0.1) is 11.7 Å². The predicted octanol–water partition coefficient (Wildman–Crippen LogP) is 0.499. The van der Waals surface area contributed by atoms with E-state index in [1.165, 1.54) is 11.8 Å². The first-order valence-electron chi connectivity index (χ1n) is 8.20. The minimum absolute atomic E-state index is 0.0109. The molecule has 24 heavy (non-hydrogen) atoms. The molecule has 2 amide bonds. The van der Waals surface area contributed by atoms with Gasteiger partial charge in [0, 0.05) is 37.6 Å². The molecule has 1 fully saturated rings. The maximum Gasteiger partial charge on any atom is 0.233 e. The first-order chi connectivity index (χ1) is 11.5. The van der Waals surface area contributed by atoms with E-state index in [9.17, 15) is 9.59 Å². The van der Waals surface area contributed by atoms with Crippen molar-refractivity contribution >= 4 is 23.6 Å². The number of thioether (sulfide) groups is 1. The third-order valence-corrected chi connectivity index (χ3v) is 4.71. The van der Waals surface area contributed by atoms with Gasteiger partial charge < -0.3 is 16.0 Å². The number of carbonyl (C=O) groups excluding carboxylic acids is 2. The smallest absolute Gasteiger partial charge is 0.233 e. The van der Waals surface area contributed by atoms with Gasteiger partial charge in [-0.2, -0.15) is 0 Å². The molecule has 7 nitrogen and oxygen atoms in total. The highest BCUT2D eigenvalue weighted by atomic mass is 32.2. The largest absolute Gasteiger partial charge is 0.355 e. The summed E-state index contributed by atoms with van der Waals surface area (Å²) in [5.41, 5.74) is 7.19. The number of carbonyl (C=O) groups is 2. The minimum atomic E-state index is -0.142. The molecule has 0 bridgehead atoms. The van der Waals surface area contributed by atoms with Crippen molar-refractivity contribution in [3.63, 3.8) is 0 Å². The summed E-state index contributed by atoms with van der Waals surface area (Å²) >= 11 is 1.34. The van der Waals surface area contributed by atoms with E-state index in [1.54, 1.807) is 4.90 Å². The molecule has 0 aliphatic carbocycles. The van der Waals surface area contributed by atoms with E-state index in [-0.39, 0.29) is 17.7 Å². The zero-order valence-electron chi connectivity index (χ0n) is 14.2. The fourth-order valence-electron chi connectivity index (χ4n) is 2.73. The Morgan fingerprint density at radius 1 is 1.38 bits per heavy atom. The van der Waals surface area contributed by atoms with Crippen molar-refractivity contribution in [2.24, 2.45) is 11.7 Å². The van der Waals surface area contributed by atoms with E-state index in [4.69, 9.17) is 5.73 Å². The van der Waals surface area contributed by atoms with Crippen LogP contribution in [0.3, 0.4) is 0 Å². The van der Waals surface area contributed by atoms with E-state index in [0.29, 0.717) is 37.1 Å². The van der Waals surface area contributed by atoms with Gasteiger partial charge >= 0.3 is 0 Å². The lowest BCUT2D eigenvalue weighted by Crippen LogP contribution is -2.46. The summed E-state index contributed by atoms with van der Waals surface area (Å²) in [6.45, 7) is 5.90. The third-order valence-electron chi connectivity index (χ3n) is 3.87. The molecule has 1 atom stereocenters. The summed E-state index contributed by atoms with van der Waals surface area (Å²) in [6.07, 6.45) is 1.66. The Balaban J connectivity index is 1.86. The molecule has 2 heterocycles. The Bertz CT molecular complexity index is 576. The van der Waals surface area contributed by atoms with Crippen LogP contribution in [0.15, 0.2) is 11.2 Å². The summed E-state index contributed by atoms with van der Waals surface area (Å²) in [4.78, 5) is 34.9. The van der Waals surface area contributed by atoms with Gasteiger partial charge in [-0.15, -0.1) is 0 Å². The van der Waals surface area contributed by atoms with Crippen molar-refractivity contribution in [3.8, 4) is 0 Å². The Morgan fingerprint density at radius 3 is 2.75 bits per heavy atom. The average molecular weight is 351 g/mol. The molecule has 1 aliphatic rings. The molecule has 132 valence electrons. The summed E-state index contributed by atoms with van der Waals surface area (Å²) in [6, 6.07) is 1.90. The van der Waals surface area contributed by atoms with Crippen LogP contribution in [0.5, 0.6) is 0 Å². The van der Waals surface area contributed by atoms with Crippen molar-refractivity contribution in [1.82, 2.24) is 20.2 Å². The van der Waals surface area contributed by atoms with Crippen LogP contribution in [-0.4, -0.2) is 58.6 Å². The zero-order valence-corrected chi connectivity index (χ0v) is 15.1. The molecule has 0 aromatic carbocycles. The highest BCUT2D eigenvalue weighted by molar-refractivity contribution is 7.99. The molecule has 1 unspecified atom stereocenters. The Morgan fingerprint density at radius 2 is 2.08 bits per heavy atom. The molecule has 0 saturated carbocycles. The van der Waals surface area contributed by atoms with E-state index in [2.05, 4.69) is 15.3 Å². The molecule has 1 saturated heterocycles. The maximum atomic E-state index is 12.4. The van der Waals surface area contributed by atoms with Crippen LogP contribution in [-0.2, 0) is 9.59 Å². The van der Waals surface area contributed by atoms with Crippen molar-refractivity contribution in [2.45, 2.75) is 31.8 Å². The zero-order chi connectivity index (χ0) is 17.5. The molecule has 2 rings (SSSR count). The lowest BCUT2D eigenvalue weighted by atomic mass is 9.97. The highest BCUT2D eigenvalue weighted by Gasteiger charge is 2.28. The van der Waals surface area contributed by atoms with Crippen LogP contribution >= 0.6 is 11.8 Å². The summed E-state index contributed by atoms with van der Waals surface area (Å²) in [5.74, 6) is 0.166. The van der Waals surface area contributed by atoms with Crippen LogP contribution in [0.4, 0.5) is 0 Å². The Labute approximate surface area is 146 Å². The average Bonchev–Trinajstić information content (AvgIpc) is 2.56. The molecule has 1 aliphatic heterocycles. The van der Waals surface area contributed by atoms with Crippen molar-refractivity contribution in [1.29, 1.82) is 0 Å². The lowest BCUT2D eigenvalue weighted by Gasteiger charge is -2.32.